The molecule has 1 aliphatic rings. The van der Waals surface area contributed by atoms with Gasteiger partial charge in [-0.15, -0.1) is 0 Å². The Kier molecular flexibility index (Phi) is 6.42. The fraction of sp³-hybridized carbons (Fsp3) is 0.714. The second kappa shape index (κ2) is 7.58. The second-order valence-corrected chi connectivity index (χ2v) is 6.45. The summed E-state index contributed by atoms with van der Waals surface area (Å²) < 4.78 is 5.00. The number of carbonyl (C=O) groups is 2. The number of aliphatic hydroxyl groups is 1. The first-order chi connectivity index (χ1) is 8.99. The molecule has 0 aliphatic heterocycles. The summed E-state index contributed by atoms with van der Waals surface area (Å²) in [7, 11) is 0. The molecule has 19 heavy (non-hydrogen) atoms. The third-order valence-electron chi connectivity index (χ3n) is 3.19. The number of allylic oxidation sites excluding steroid dienone is 1. The average molecular weight is 286 g/mol. The van der Waals surface area contributed by atoms with E-state index in [1.807, 2.05) is 0 Å². The predicted molar refractivity (Wildman–Crippen MR) is 76.2 cm³/mol. The monoisotopic (exact) mass is 286 g/mol. The number of hydrogen-bond acceptors (Lipinski definition) is 5. The molecule has 0 aromatic carbocycles. The van der Waals surface area contributed by atoms with Gasteiger partial charge in [-0.1, -0.05) is 13.8 Å². The fourth-order valence-electron chi connectivity index (χ4n) is 2.47. The largest absolute Gasteiger partial charge is 0.511 e. The molecule has 0 spiro atoms. The van der Waals surface area contributed by atoms with Crippen molar-refractivity contribution >= 4 is 23.5 Å². The van der Waals surface area contributed by atoms with E-state index >= 15 is 0 Å². The minimum atomic E-state index is -0.683. The van der Waals surface area contributed by atoms with Crippen LogP contribution in [0.5, 0.6) is 0 Å². The van der Waals surface area contributed by atoms with Gasteiger partial charge in [0.05, 0.1) is 6.61 Å². The minimum absolute atomic E-state index is 0.114. The normalized spacial score (nSPS) is 24.8. The molecule has 0 aromatic heterocycles. The number of aliphatic hydroxyl groups excluding tert-OH is 1. The number of hydrogen-bond donors (Lipinski definition) is 1. The lowest BCUT2D eigenvalue weighted by Gasteiger charge is -2.29. The lowest BCUT2D eigenvalue weighted by Crippen LogP contribution is -2.34. The molecule has 1 aliphatic carbocycles. The zero-order chi connectivity index (χ0) is 14.4. The maximum atomic E-state index is 11.9. The Hall–Kier alpha value is -0.970. The Labute approximate surface area is 118 Å². The molecule has 1 rings (SSSR count). The summed E-state index contributed by atoms with van der Waals surface area (Å²) in [5.74, 6) is -0.538. The summed E-state index contributed by atoms with van der Waals surface area (Å²) in [6.45, 7) is 6.17. The van der Waals surface area contributed by atoms with Crippen LogP contribution in [0.4, 0.5) is 0 Å². The van der Waals surface area contributed by atoms with Crippen molar-refractivity contribution in [1.29, 1.82) is 0 Å². The molecule has 0 saturated carbocycles. The lowest BCUT2D eigenvalue weighted by atomic mass is 9.79. The van der Waals surface area contributed by atoms with Crippen molar-refractivity contribution in [2.24, 2.45) is 11.8 Å². The number of rotatable bonds is 6. The fourth-order valence-corrected chi connectivity index (χ4v) is 3.43. The maximum Gasteiger partial charge on any atom is 0.316 e. The molecular weight excluding hydrogens is 264 g/mol. The molecule has 0 bridgehead atoms. The van der Waals surface area contributed by atoms with Gasteiger partial charge in [0.1, 0.15) is 11.7 Å². The highest BCUT2D eigenvalue weighted by Crippen LogP contribution is 2.34. The van der Waals surface area contributed by atoms with E-state index in [4.69, 9.17) is 4.74 Å². The van der Waals surface area contributed by atoms with E-state index in [2.05, 4.69) is 13.8 Å². The van der Waals surface area contributed by atoms with Crippen LogP contribution in [0.3, 0.4) is 0 Å². The van der Waals surface area contributed by atoms with Gasteiger partial charge in [-0.05, 0) is 25.0 Å². The van der Waals surface area contributed by atoms with E-state index < -0.39 is 11.9 Å². The first-order valence-corrected chi connectivity index (χ1v) is 7.76. The van der Waals surface area contributed by atoms with Gasteiger partial charge in [-0.25, -0.2) is 0 Å². The highest BCUT2D eigenvalue weighted by Gasteiger charge is 2.38. The van der Waals surface area contributed by atoms with E-state index in [-0.39, 0.29) is 24.1 Å². The maximum absolute atomic E-state index is 11.9. The van der Waals surface area contributed by atoms with Gasteiger partial charge in [0.25, 0.3) is 0 Å². The molecular formula is C14H22O4S. The Balaban J connectivity index is 2.82. The number of ether oxygens (including phenoxy) is 1. The lowest BCUT2D eigenvalue weighted by molar-refractivity contribution is -0.150. The number of ketones is 1. The summed E-state index contributed by atoms with van der Waals surface area (Å²) >= 11 is 1.79. The van der Waals surface area contributed by atoms with Crippen molar-refractivity contribution in [2.45, 2.75) is 38.9 Å². The quantitative estimate of drug-likeness (QED) is 0.761. The van der Waals surface area contributed by atoms with E-state index in [0.717, 1.165) is 18.2 Å². The van der Waals surface area contributed by atoms with Crippen molar-refractivity contribution in [1.82, 2.24) is 0 Å². The molecule has 3 atom stereocenters. The number of thioether (sulfide) groups is 1. The third kappa shape index (κ3) is 4.56. The highest BCUT2D eigenvalue weighted by atomic mass is 32.2. The van der Waals surface area contributed by atoms with Gasteiger partial charge in [0.2, 0.25) is 0 Å². The number of esters is 1. The van der Waals surface area contributed by atoms with Crippen LogP contribution in [0.15, 0.2) is 11.8 Å². The Morgan fingerprint density at radius 1 is 1.58 bits per heavy atom. The first-order valence-electron chi connectivity index (χ1n) is 6.71. The van der Waals surface area contributed by atoms with Gasteiger partial charge in [0.15, 0.2) is 5.78 Å². The summed E-state index contributed by atoms with van der Waals surface area (Å²) in [5.41, 5.74) is 0. The minimum Gasteiger partial charge on any atom is -0.511 e. The summed E-state index contributed by atoms with van der Waals surface area (Å²) in [4.78, 5) is 23.5. The summed E-state index contributed by atoms with van der Waals surface area (Å²) in [6.07, 6.45) is 2.20. The molecule has 0 saturated heterocycles. The molecule has 0 unspecified atom stereocenters. The molecule has 0 radical (unpaired) electrons. The van der Waals surface area contributed by atoms with E-state index in [9.17, 15) is 14.7 Å². The van der Waals surface area contributed by atoms with Crippen LogP contribution in [-0.2, 0) is 14.3 Å². The molecule has 0 fully saturated rings. The molecule has 5 heteroatoms. The topological polar surface area (TPSA) is 63.6 Å². The van der Waals surface area contributed by atoms with Crippen molar-refractivity contribution in [3.8, 4) is 0 Å². The SMILES string of the molecule is CCOC(=O)[C@H]1C(O)=CC(=O)C[C@@H]1C[C@@H](C)SCC. The highest BCUT2D eigenvalue weighted by molar-refractivity contribution is 7.99. The standard InChI is InChI=1S/C14H22O4S/c1-4-18-14(17)13-10(6-9(3)19-5-2)7-11(15)8-12(13)16/h8-10,13,16H,4-7H2,1-3H3/t9-,10+,13-/m1/s1. The van der Waals surface area contributed by atoms with Crippen molar-refractivity contribution < 1.29 is 19.4 Å². The molecule has 1 N–H and O–H groups in total. The van der Waals surface area contributed by atoms with Crippen LogP contribution >= 0.6 is 11.8 Å². The van der Waals surface area contributed by atoms with Gasteiger partial charge >= 0.3 is 5.97 Å². The zero-order valence-electron chi connectivity index (χ0n) is 11.7. The average Bonchev–Trinajstić information content (AvgIpc) is 2.28. The van der Waals surface area contributed by atoms with E-state index in [1.165, 1.54) is 0 Å². The van der Waals surface area contributed by atoms with Gasteiger partial charge in [-0.3, -0.25) is 9.59 Å². The molecule has 0 heterocycles. The Bertz CT molecular complexity index is 364. The zero-order valence-corrected chi connectivity index (χ0v) is 12.5. The summed E-state index contributed by atoms with van der Waals surface area (Å²) in [6, 6.07) is 0. The smallest absolute Gasteiger partial charge is 0.316 e. The molecule has 4 nitrogen and oxygen atoms in total. The van der Waals surface area contributed by atoms with Crippen LogP contribution in [0, 0.1) is 11.8 Å². The van der Waals surface area contributed by atoms with Crippen LogP contribution in [0.1, 0.15) is 33.6 Å². The van der Waals surface area contributed by atoms with E-state index in [1.54, 1.807) is 18.7 Å². The van der Waals surface area contributed by atoms with Crippen molar-refractivity contribution in [3.63, 3.8) is 0 Å². The third-order valence-corrected chi connectivity index (χ3v) is 4.28. The first kappa shape index (κ1) is 16.1. The van der Waals surface area contributed by atoms with Crippen LogP contribution in [0.2, 0.25) is 0 Å². The van der Waals surface area contributed by atoms with Gasteiger partial charge in [0, 0.05) is 17.7 Å². The van der Waals surface area contributed by atoms with Gasteiger partial charge < -0.3 is 9.84 Å². The molecule has 108 valence electrons. The van der Waals surface area contributed by atoms with Gasteiger partial charge in [-0.2, -0.15) is 11.8 Å². The Morgan fingerprint density at radius 3 is 2.84 bits per heavy atom. The second-order valence-electron chi connectivity index (χ2n) is 4.73. The summed E-state index contributed by atoms with van der Waals surface area (Å²) in [5, 5.41) is 10.2. The predicted octanol–water partition coefficient (Wildman–Crippen LogP) is 2.73. The Morgan fingerprint density at radius 2 is 2.26 bits per heavy atom. The van der Waals surface area contributed by atoms with Crippen LogP contribution < -0.4 is 0 Å². The number of carbonyl (C=O) groups excluding carboxylic acids is 2. The van der Waals surface area contributed by atoms with Crippen molar-refractivity contribution in [3.05, 3.63) is 11.8 Å². The van der Waals surface area contributed by atoms with Crippen LogP contribution in [-0.4, -0.2) is 34.5 Å². The van der Waals surface area contributed by atoms with Crippen LogP contribution in [0.25, 0.3) is 0 Å². The van der Waals surface area contributed by atoms with Crippen molar-refractivity contribution in [2.75, 3.05) is 12.4 Å². The molecule has 0 aromatic rings. The van der Waals surface area contributed by atoms with E-state index in [0.29, 0.717) is 11.7 Å². The molecule has 0 amide bonds.